The Hall–Kier alpha value is -1.58. The van der Waals surface area contributed by atoms with E-state index in [9.17, 15) is 9.90 Å². The highest BCUT2D eigenvalue weighted by atomic mass is 16.4. The van der Waals surface area contributed by atoms with Gasteiger partial charge in [-0.15, -0.1) is 0 Å². The largest absolute Gasteiger partial charge is 0.478 e. The third-order valence-electron chi connectivity index (χ3n) is 5.46. The Morgan fingerprint density at radius 1 is 1.20 bits per heavy atom. The van der Waals surface area contributed by atoms with Gasteiger partial charge in [0.2, 0.25) is 0 Å². The number of hydrogen-bond donors (Lipinski definition) is 2. The van der Waals surface area contributed by atoms with Crippen molar-refractivity contribution in [3.63, 3.8) is 0 Å². The molecule has 0 aliphatic heterocycles. The molecule has 0 atom stereocenters. The molecular weight excluding hydrogens is 252 g/mol. The van der Waals surface area contributed by atoms with Crippen LogP contribution >= 0.6 is 0 Å². The van der Waals surface area contributed by atoms with Crippen molar-refractivity contribution in [1.29, 1.82) is 0 Å². The summed E-state index contributed by atoms with van der Waals surface area (Å²) in [6.45, 7) is 0. The molecule has 0 spiro atoms. The Morgan fingerprint density at radius 3 is 2.35 bits per heavy atom. The number of anilines is 1. The maximum atomic E-state index is 11.3. The lowest BCUT2D eigenvalue weighted by molar-refractivity contribution is 0.0105. The van der Waals surface area contributed by atoms with E-state index in [1.807, 2.05) is 0 Å². The zero-order chi connectivity index (χ0) is 13.7. The average molecular weight is 272 g/mol. The van der Waals surface area contributed by atoms with E-state index < -0.39 is 5.97 Å². The molecular formula is C16H20N2O2. The maximum Gasteiger partial charge on any atom is 0.339 e. The first-order valence-corrected chi connectivity index (χ1v) is 7.60. The molecule has 0 unspecified atom stereocenters. The van der Waals surface area contributed by atoms with Crippen molar-refractivity contribution in [2.45, 2.75) is 44.1 Å². The lowest BCUT2D eigenvalue weighted by atomic mass is 9.53. The molecule has 4 saturated carbocycles. The Bertz CT molecular complexity index is 520. The highest BCUT2D eigenvalue weighted by Crippen LogP contribution is 2.56. The number of carboxylic acids is 1. The van der Waals surface area contributed by atoms with Crippen molar-refractivity contribution in [1.82, 2.24) is 4.98 Å². The fourth-order valence-corrected chi connectivity index (χ4v) is 5.19. The molecule has 106 valence electrons. The Balaban J connectivity index is 1.64. The van der Waals surface area contributed by atoms with Crippen LogP contribution in [0.25, 0.3) is 0 Å². The molecule has 0 amide bonds. The van der Waals surface area contributed by atoms with Crippen LogP contribution in [0.2, 0.25) is 0 Å². The summed E-state index contributed by atoms with van der Waals surface area (Å²) in [6, 6.07) is 3.33. The number of nitrogens with zero attached hydrogens (tertiary/aromatic N) is 1. The standard InChI is InChI=1S/C16H20N2O2/c19-15(20)13-2-1-3-17-14(13)18-16-7-10-4-11(8-16)6-12(5-10)9-16/h1-3,10-12H,4-9H2,(H,17,18)(H,19,20). The maximum absolute atomic E-state index is 11.3. The molecule has 0 aromatic carbocycles. The summed E-state index contributed by atoms with van der Waals surface area (Å²) in [6.07, 6.45) is 9.39. The molecule has 4 heteroatoms. The number of nitrogens with one attached hydrogen (secondary N) is 1. The van der Waals surface area contributed by atoms with Gasteiger partial charge in [-0.1, -0.05) is 0 Å². The van der Waals surface area contributed by atoms with Crippen LogP contribution in [0.15, 0.2) is 18.3 Å². The highest BCUT2D eigenvalue weighted by Gasteiger charge is 2.51. The molecule has 5 rings (SSSR count). The first kappa shape index (κ1) is 12.2. The number of carbonyl (C=O) groups is 1. The number of rotatable bonds is 3. The summed E-state index contributed by atoms with van der Waals surface area (Å²) in [5.74, 6) is 2.18. The van der Waals surface area contributed by atoms with Crippen molar-refractivity contribution in [2.24, 2.45) is 17.8 Å². The van der Waals surface area contributed by atoms with Gasteiger partial charge in [0.25, 0.3) is 0 Å². The second-order valence-electron chi connectivity index (χ2n) is 7.03. The van der Waals surface area contributed by atoms with Gasteiger partial charge in [-0.2, -0.15) is 0 Å². The van der Waals surface area contributed by atoms with Crippen LogP contribution in [0.3, 0.4) is 0 Å². The SMILES string of the molecule is O=C(O)c1cccnc1NC12CC3CC(CC(C3)C1)C2. The number of carboxylic acid groups (broad SMARTS) is 1. The van der Waals surface area contributed by atoms with Crippen LogP contribution < -0.4 is 5.32 Å². The number of aromatic carboxylic acids is 1. The van der Waals surface area contributed by atoms with Crippen molar-refractivity contribution in [3.05, 3.63) is 23.9 Å². The molecule has 4 fully saturated rings. The molecule has 4 nitrogen and oxygen atoms in total. The van der Waals surface area contributed by atoms with Gasteiger partial charge in [0, 0.05) is 11.7 Å². The van der Waals surface area contributed by atoms with E-state index in [0.29, 0.717) is 11.4 Å². The van der Waals surface area contributed by atoms with Crippen molar-refractivity contribution >= 4 is 11.8 Å². The van der Waals surface area contributed by atoms with Crippen LogP contribution in [0.5, 0.6) is 0 Å². The first-order chi connectivity index (χ1) is 9.63. The van der Waals surface area contributed by atoms with Gasteiger partial charge in [0.05, 0.1) is 0 Å². The van der Waals surface area contributed by atoms with Crippen LogP contribution in [-0.2, 0) is 0 Å². The van der Waals surface area contributed by atoms with Gasteiger partial charge >= 0.3 is 5.97 Å². The molecule has 4 aliphatic carbocycles. The van der Waals surface area contributed by atoms with Gasteiger partial charge in [-0.05, 0) is 68.4 Å². The zero-order valence-electron chi connectivity index (χ0n) is 11.5. The Morgan fingerprint density at radius 2 is 1.80 bits per heavy atom. The van der Waals surface area contributed by atoms with Crippen molar-refractivity contribution in [3.8, 4) is 0 Å². The van der Waals surface area contributed by atoms with Gasteiger partial charge in [0.15, 0.2) is 0 Å². The third-order valence-corrected chi connectivity index (χ3v) is 5.46. The molecule has 1 heterocycles. The van der Waals surface area contributed by atoms with E-state index in [4.69, 9.17) is 0 Å². The normalized spacial score (nSPS) is 37.9. The minimum absolute atomic E-state index is 0.104. The van der Waals surface area contributed by atoms with Crippen molar-refractivity contribution < 1.29 is 9.90 Å². The van der Waals surface area contributed by atoms with E-state index in [1.165, 1.54) is 38.5 Å². The zero-order valence-corrected chi connectivity index (χ0v) is 11.5. The minimum Gasteiger partial charge on any atom is -0.478 e. The summed E-state index contributed by atoms with van der Waals surface area (Å²) in [7, 11) is 0. The monoisotopic (exact) mass is 272 g/mol. The lowest BCUT2D eigenvalue weighted by Gasteiger charge is -2.57. The van der Waals surface area contributed by atoms with Gasteiger partial charge in [-0.25, -0.2) is 9.78 Å². The van der Waals surface area contributed by atoms with Crippen LogP contribution in [-0.4, -0.2) is 21.6 Å². The summed E-state index contributed by atoms with van der Waals surface area (Å²) in [4.78, 5) is 15.6. The molecule has 4 aliphatic rings. The average Bonchev–Trinajstić information content (AvgIpc) is 2.36. The van der Waals surface area contributed by atoms with Crippen LogP contribution in [0.4, 0.5) is 5.82 Å². The van der Waals surface area contributed by atoms with Gasteiger partial charge < -0.3 is 10.4 Å². The lowest BCUT2D eigenvalue weighted by Crippen LogP contribution is -2.55. The minimum atomic E-state index is -0.898. The molecule has 2 N–H and O–H groups in total. The molecule has 1 aromatic heterocycles. The van der Waals surface area contributed by atoms with Crippen LogP contribution in [0.1, 0.15) is 48.9 Å². The van der Waals surface area contributed by atoms with E-state index >= 15 is 0 Å². The fraction of sp³-hybridized carbons (Fsp3) is 0.625. The molecule has 0 saturated heterocycles. The van der Waals surface area contributed by atoms with Gasteiger partial charge in [-0.3, -0.25) is 0 Å². The predicted octanol–water partition coefficient (Wildman–Crippen LogP) is 3.16. The molecule has 0 radical (unpaired) electrons. The predicted molar refractivity (Wildman–Crippen MR) is 75.7 cm³/mol. The van der Waals surface area contributed by atoms with E-state index in [-0.39, 0.29) is 5.54 Å². The third kappa shape index (κ3) is 1.89. The molecule has 20 heavy (non-hydrogen) atoms. The summed E-state index contributed by atoms with van der Waals surface area (Å²) in [5.41, 5.74) is 0.399. The van der Waals surface area contributed by atoms with Crippen molar-refractivity contribution in [2.75, 3.05) is 5.32 Å². The summed E-state index contributed by atoms with van der Waals surface area (Å²) >= 11 is 0. The first-order valence-electron chi connectivity index (χ1n) is 7.60. The number of aromatic nitrogens is 1. The topological polar surface area (TPSA) is 62.2 Å². The smallest absolute Gasteiger partial charge is 0.339 e. The van der Waals surface area contributed by atoms with E-state index in [0.717, 1.165) is 17.8 Å². The Labute approximate surface area is 118 Å². The highest BCUT2D eigenvalue weighted by molar-refractivity contribution is 5.93. The number of pyridine rings is 1. The van der Waals surface area contributed by atoms with E-state index in [2.05, 4.69) is 10.3 Å². The second-order valence-corrected chi connectivity index (χ2v) is 7.03. The second kappa shape index (κ2) is 4.21. The quantitative estimate of drug-likeness (QED) is 0.887. The van der Waals surface area contributed by atoms with Crippen LogP contribution in [0, 0.1) is 17.8 Å². The Kier molecular flexibility index (Phi) is 2.56. The fourth-order valence-electron chi connectivity index (χ4n) is 5.19. The van der Waals surface area contributed by atoms with E-state index in [1.54, 1.807) is 18.3 Å². The van der Waals surface area contributed by atoms with Gasteiger partial charge in [0.1, 0.15) is 11.4 Å². The molecule has 1 aromatic rings. The molecule has 4 bridgehead atoms. The number of hydrogen-bond acceptors (Lipinski definition) is 3. The summed E-state index contributed by atoms with van der Waals surface area (Å²) in [5, 5.41) is 12.8. The summed E-state index contributed by atoms with van der Waals surface area (Å²) < 4.78 is 0.